The second kappa shape index (κ2) is 3.78. The van der Waals surface area contributed by atoms with Crippen LogP contribution in [0, 0.1) is 0 Å². The Hall–Kier alpha value is 1.26. The van der Waals surface area contributed by atoms with E-state index in [0.29, 0.717) is 8.37 Å². The SMILES string of the molecule is CC(Cl)(Cl)N=PC(C)(Cl)Cl. The molecule has 0 saturated carbocycles. The number of hydrogen-bond acceptors (Lipinski definition) is 1. The first-order valence-electron chi connectivity index (χ1n) is 2.40. The monoisotopic (exact) mass is 239 g/mol. The third-order valence-electron chi connectivity index (χ3n) is 0.401. The summed E-state index contributed by atoms with van der Waals surface area (Å²) >= 11 is 22.2. The van der Waals surface area contributed by atoms with E-state index in [4.69, 9.17) is 46.4 Å². The molecule has 0 N–H and O–H groups in total. The average molecular weight is 241 g/mol. The molecule has 6 heteroatoms. The molecule has 0 aliphatic carbocycles. The molecule has 0 atom stereocenters. The molecule has 0 radical (unpaired) electrons. The molecule has 0 amide bonds. The van der Waals surface area contributed by atoms with Crippen LogP contribution in [0.25, 0.3) is 0 Å². The van der Waals surface area contributed by atoms with Gasteiger partial charge in [-0.3, -0.25) is 0 Å². The van der Waals surface area contributed by atoms with Crippen LogP contribution >= 0.6 is 54.8 Å². The maximum Gasteiger partial charge on any atom is 0.208 e. The van der Waals surface area contributed by atoms with E-state index in [1.807, 2.05) is 0 Å². The minimum atomic E-state index is -1.10. The van der Waals surface area contributed by atoms with E-state index in [1.165, 1.54) is 0 Å². The number of halogens is 4. The highest BCUT2D eigenvalue weighted by Gasteiger charge is 2.18. The van der Waals surface area contributed by atoms with E-state index in [9.17, 15) is 0 Å². The first-order chi connectivity index (χ1) is 4.21. The molecule has 0 bridgehead atoms. The zero-order valence-corrected chi connectivity index (χ0v) is 9.32. The van der Waals surface area contributed by atoms with Gasteiger partial charge in [-0.2, -0.15) is 0 Å². The van der Waals surface area contributed by atoms with Crippen molar-refractivity contribution in [1.82, 2.24) is 0 Å². The maximum atomic E-state index is 5.58. The third-order valence-corrected chi connectivity index (χ3v) is 2.11. The molecule has 0 saturated heterocycles. The minimum Gasteiger partial charge on any atom is -0.227 e. The molecule has 0 aliphatic heterocycles. The molecule has 0 heterocycles. The van der Waals surface area contributed by atoms with Crippen molar-refractivity contribution in [2.45, 2.75) is 22.4 Å². The van der Waals surface area contributed by atoms with Crippen molar-refractivity contribution in [3.05, 3.63) is 0 Å². The summed E-state index contributed by atoms with van der Waals surface area (Å²) in [5.74, 6) is 0. The van der Waals surface area contributed by atoms with Crippen molar-refractivity contribution in [1.29, 1.82) is 0 Å². The van der Waals surface area contributed by atoms with Crippen LogP contribution < -0.4 is 0 Å². The molecule has 0 aromatic heterocycles. The number of nitrogens with zero attached hydrogens (tertiary/aromatic N) is 1. The van der Waals surface area contributed by atoms with Crippen molar-refractivity contribution in [3.63, 3.8) is 0 Å². The number of hydrogen-bond donors (Lipinski definition) is 0. The van der Waals surface area contributed by atoms with Crippen molar-refractivity contribution < 1.29 is 0 Å². The van der Waals surface area contributed by atoms with Crippen LogP contribution in [0.1, 0.15) is 13.8 Å². The highest BCUT2D eigenvalue weighted by Crippen LogP contribution is 2.38. The lowest BCUT2D eigenvalue weighted by Gasteiger charge is -2.08. The van der Waals surface area contributed by atoms with Crippen molar-refractivity contribution in [2.24, 2.45) is 4.74 Å². The van der Waals surface area contributed by atoms with Gasteiger partial charge in [0.2, 0.25) is 4.46 Å². The minimum absolute atomic E-state index is 0.459. The van der Waals surface area contributed by atoms with Gasteiger partial charge in [0.25, 0.3) is 0 Å². The van der Waals surface area contributed by atoms with Gasteiger partial charge in [-0.25, -0.2) is 4.74 Å². The summed E-state index contributed by atoms with van der Waals surface area (Å²) in [6.07, 6.45) is 0. The van der Waals surface area contributed by atoms with E-state index < -0.39 is 8.53 Å². The van der Waals surface area contributed by atoms with Gasteiger partial charge in [0.15, 0.2) is 4.07 Å². The van der Waals surface area contributed by atoms with Gasteiger partial charge < -0.3 is 0 Å². The summed E-state index contributed by atoms with van der Waals surface area (Å²) in [4.78, 5) is 0. The number of alkyl halides is 4. The van der Waals surface area contributed by atoms with Gasteiger partial charge in [0, 0.05) is 8.37 Å². The Morgan fingerprint density at radius 3 is 1.60 bits per heavy atom. The summed E-state index contributed by atoms with van der Waals surface area (Å²) in [6, 6.07) is 0. The quantitative estimate of drug-likeness (QED) is 0.385. The van der Waals surface area contributed by atoms with E-state index >= 15 is 0 Å². The normalized spacial score (nSPS) is 14.6. The van der Waals surface area contributed by atoms with Gasteiger partial charge in [0.1, 0.15) is 0 Å². The van der Waals surface area contributed by atoms with Gasteiger partial charge >= 0.3 is 0 Å². The second-order valence-corrected chi connectivity index (χ2v) is 7.08. The van der Waals surface area contributed by atoms with Crippen molar-refractivity contribution in [3.8, 4) is 0 Å². The van der Waals surface area contributed by atoms with Crippen molar-refractivity contribution in [2.75, 3.05) is 0 Å². The standard InChI is InChI=1S/C4H6Cl4NP/c1-3(5,6)9-10-4(2,7)8/h1-2H3. The lowest BCUT2D eigenvalue weighted by atomic mass is 10.8. The van der Waals surface area contributed by atoms with Crippen LogP contribution in [-0.4, -0.2) is 8.53 Å². The largest absolute Gasteiger partial charge is 0.227 e. The fraction of sp³-hybridized carbons (Fsp3) is 1.00. The summed E-state index contributed by atoms with van der Waals surface area (Å²) < 4.78 is 1.75. The highest BCUT2D eigenvalue weighted by atomic mass is 35.5. The zero-order valence-electron chi connectivity index (χ0n) is 5.41. The van der Waals surface area contributed by atoms with E-state index in [-0.39, 0.29) is 0 Å². The topological polar surface area (TPSA) is 12.4 Å². The van der Waals surface area contributed by atoms with Crippen LogP contribution in [-0.2, 0) is 0 Å². The summed E-state index contributed by atoms with van der Waals surface area (Å²) in [7, 11) is 0.459. The average Bonchev–Trinajstić information content (AvgIpc) is 1.57. The number of rotatable bonds is 2. The predicted molar refractivity (Wildman–Crippen MR) is 49.6 cm³/mol. The molecule has 1 nitrogen and oxygen atoms in total. The molecular formula is C4H6Cl4NP. The van der Waals surface area contributed by atoms with Gasteiger partial charge in [0.05, 0.1) is 0 Å². The first kappa shape index (κ1) is 11.3. The zero-order chi connectivity index (χ0) is 8.41. The summed E-state index contributed by atoms with van der Waals surface area (Å²) in [5.41, 5.74) is 0. The van der Waals surface area contributed by atoms with Crippen LogP contribution in [0.3, 0.4) is 0 Å². The smallest absolute Gasteiger partial charge is 0.208 e. The molecule has 0 aromatic carbocycles. The van der Waals surface area contributed by atoms with Crippen LogP contribution in [0.2, 0.25) is 0 Å². The molecular weight excluding hydrogens is 235 g/mol. The summed E-state index contributed by atoms with van der Waals surface area (Å²) in [6.45, 7) is 3.16. The fourth-order valence-corrected chi connectivity index (χ4v) is 0.980. The Morgan fingerprint density at radius 1 is 1.10 bits per heavy atom. The van der Waals surface area contributed by atoms with Crippen LogP contribution in [0.4, 0.5) is 0 Å². The van der Waals surface area contributed by atoms with E-state index in [2.05, 4.69) is 4.74 Å². The van der Waals surface area contributed by atoms with Crippen molar-refractivity contribution >= 4 is 54.8 Å². The Bertz CT molecular complexity index is 117. The second-order valence-electron chi connectivity index (χ2n) is 1.88. The van der Waals surface area contributed by atoms with Gasteiger partial charge in [-0.1, -0.05) is 46.4 Å². The van der Waals surface area contributed by atoms with Gasteiger partial charge in [-0.05, 0) is 13.8 Å². The Balaban J connectivity index is 4.01. The lowest BCUT2D eigenvalue weighted by molar-refractivity contribution is 0.950. The molecule has 0 fully saturated rings. The molecule has 0 spiro atoms. The van der Waals surface area contributed by atoms with E-state index in [0.717, 1.165) is 0 Å². The molecule has 0 aliphatic rings. The Morgan fingerprint density at radius 2 is 1.50 bits per heavy atom. The lowest BCUT2D eigenvalue weighted by Crippen LogP contribution is -1.99. The predicted octanol–water partition coefficient (Wildman–Crippen LogP) is 4.42. The molecule has 0 unspecified atom stereocenters. The highest BCUT2D eigenvalue weighted by molar-refractivity contribution is 7.35. The van der Waals surface area contributed by atoms with Crippen LogP contribution in [0.5, 0.6) is 0 Å². The molecule has 0 aromatic rings. The third kappa shape index (κ3) is 9.26. The van der Waals surface area contributed by atoms with Gasteiger partial charge in [-0.15, -0.1) is 0 Å². The Labute approximate surface area is 81.9 Å². The fourth-order valence-electron chi connectivity index (χ4n) is 0.176. The summed E-state index contributed by atoms with van der Waals surface area (Å²) in [5, 5.41) is 0. The Kier molecular flexibility index (Phi) is 4.25. The van der Waals surface area contributed by atoms with Crippen LogP contribution in [0.15, 0.2) is 4.74 Å². The molecule has 10 heavy (non-hydrogen) atoms. The van der Waals surface area contributed by atoms with E-state index in [1.54, 1.807) is 13.8 Å². The molecule has 60 valence electrons. The maximum absolute atomic E-state index is 5.58. The molecule has 0 rings (SSSR count). The first-order valence-corrected chi connectivity index (χ1v) is 4.76.